The number of halogens is 1. The van der Waals surface area contributed by atoms with Crippen LogP contribution in [0.4, 0.5) is 0 Å². The van der Waals surface area contributed by atoms with E-state index >= 15 is 0 Å². The fourth-order valence-electron chi connectivity index (χ4n) is 2.59. The smallest absolute Gasteiger partial charge is 0.229 e. The molecule has 122 valence electrons. The molecule has 4 heteroatoms. The first-order valence-electron chi connectivity index (χ1n) is 7.90. The second-order valence-electron chi connectivity index (χ2n) is 5.63. The van der Waals surface area contributed by atoms with Crippen molar-refractivity contribution in [2.45, 2.75) is 19.3 Å². The second kappa shape index (κ2) is 8.70. The highest BCUT2D eigenvalue weighted by atomic mass is 35.5. The lowest BCUT2D eigenvalue weighted by Crippen LogP contribution is -2.39. The van der Waals surface area contributed by atoms with Crippen LogP contribution in [0.3, 0.4) is 0 Å². The first kappa shape index (κ1) is 17.5. The molecule has 1 atom stereocenters. The van der Waals surface area contributed by atoms with Crippen molar-refractivity contribution in [3.8, 4) is 0 Å². The summed E-state index contributed by atoms with van der Waals surface area (Å²) in [5.74, 6) is -0.135. The van der Waals surface area contributed by atoms with Crippen LogP contribution in [0.1, 0.15) is 24.0 Å². The molecule has 0 heterocycles. The normalized spacial score (nSPS) is 12.0. The van der Waals surface area contributed by atoms with Crippen LogP contribution in [-0.4, -0.2) is 30.4 Å². The van der Waals surface area contributed by atoms with Crippen LogP contribution in [-0.2, 0) is 11.2 Å². The van der Waals surface area contributed by atoms with Crippen molar-refractivity contribution >= 4 is 17.5 Å². The lowest BCUT2D eigenvalue weighted by Gasteiger charge is -2.26. The number of nitrogens with zero attached hydrogens (tertiary/aromatic N) is 1. The molecule has 2 aromatic carbocycles. The summed E-state index contributed by atoms with van der Waals surface area (Å²) in [6.07, 6.45) is 0.828. The molecule has 1 amide bonds. The van der Waals surface area contributed by atoms with Gasteiger partial charge in [0.25, 0.3) is 0 Å². The molecular formula is C19H23ClN2O. The van der Waals surface area contributed by atoms with E-state index in [9.17, 15) is 4.79 Å². The summed E-state index contributed by atoms with van der Waals surface area (Å²) in [5, 5.41) is 0.650. The fraction of sp³-hybridized carbons (Fsp3) is 0.316. The van der Waals surface area contributed by atoms with Gasteiger partial charge in [-0.1, -0.05) is 54.1 Å². The fourth-order valence-corrected chi connectivity index (χ4v) is 2.79. The van der Waals surface area contributed by atoms with Crippen LogP contribution in [0.25, 0.3) is 0 Å². The van der Waals surface area contributed by atoms with Crippen LogP contribution >= 0.6 is 11.6 Å². The van der Waals surface area contributed by atoms with E-state index in [1.54, 1.807) is 0 Å². The van der Waals surface area contributed by atoms with Crippen molar-refractivity contribution in [2.24, 2.45) is 5.73 Å². The number of hydrogen-bond donors (Lipinski definition) is 1. The first-order valence-corrected chi connectivity index (χ1v) is 8.28. The molecule has 2 rings (SSSR count). The lowest BCUT2D eigenvalue weighted by molar-refractivity contribution is -0.132. The highest BCUT2D eigenvalue weighted by Gasteiger charge is 2.21. The largest absolute Gasteiger partial charge is 0.341 e. The monoisotopic (exact) mass is 330 g/mol. The SMILES string of the molecule is CC(C(=O)N(CCN)CCc1ccccc1)c1cccc(Cl)c1. The van der Waals surface area contributed by atoms with Crippen molar-refractivity contribution < 1.29 is 4.79 Å². The van der Waals surface area contributed by atoms with Gasteiger partial charge in [-0.25, -0.2) is 0 Å². The molecule has 0 aliphatic rings. The van der Waals surface area contributed by atoms with Gasteiger partial charge in [-0.2, -0.15) is 0 Å². The summed E-state index contributed by atoms with van der Waals surface area (Å²) in [4.78, 5) is 14.6. The van der Waals surface area contributed by atoms with E-state index in [4.69, 9.17) is 17.3 Å². The third-order valence-electron chi connectivity index (χ3n) is 3.94. The molecule has 2 N–H and O–H groups in total. The van der Waals surface area contributed by atoms with E-state index in [1.807, 2.05) is 54.3 Å². The Kier molecular flexibility index (Phi) is 6.63. The summed E-state index contributed by atoms with van der Waals surface area (Å²) >= 11 is 6.03. The lowest BCUT2D eigenvalue weighted by atomic mass is 9.99. The summed E-state index contributed by atoms with van der Waals surface area (Å²) in [5.41, 5.74) is 7.84. The average Bonchev–Trinajstić information content (AvgIpc) is 2.58. The maximum Gasteiger partial charge on any atom is 0.229 e. The second-order valence-corrected chi connectivity index (χ2v) is 6.06. The van der Waals surface area contributed by atoms with Gasteiger partial charge in [0.2, 0.25) is 5.91 Å². The molecule has 0 bridgehead atoms. The van der Waals surface area contributed by atoms with Gasteiger partial charge < -0.3 is 10.6 Å². The molecule has 0 aliphatic carbocycles. The maximum absolute atomic E-state index is 12.8. The Labute approximate surface area is 143 Å². The molecule has 23 heavy (non-hydrogen) atoms. The number of carbonyl (C=O) groups excluding carboxylic acids is 1. The quantitative estimate of drug-likeness (QED) is 0.845. The van der Waals surface area contributed by atoms with Gasteiger partial charge in [-0.05, 0) is 36.6 Å². The van der Waals surface area contributed by atoms with Crippen LogP contribution in [0.2, 0.25) is 5.02 Å². The van der Waals surface area contributed by atoms with Crippen molar-refractivity contribution in [2.75, 3.05) is 19.6 Å². The third-order valence-corrected chi connectivity index (χ3v) is 4.18. The first-order chi connectivity index (χ1) is 11.1. The average molecular weight is 331 g/mol. The Balaban J connectivity index is 2.05. The molecule has 0 aromatic heterocycles. The van der Waals surface area contributed by atoms with E-state index in [2.05, 4.69) is 12.1 Å². The molecule has 0 saturated carbocycles. The molecule has 3 nitrogen and oxygen atoms in total. The van der Waals surface area contributed by atoms with Crippen molar-refractivity contribution in [1.29, 1.82) is 0 Å². The molecule has 0 radical (unpaired) electrons. The molecule has 0 fully saturated rings. The van der Waals surface area contributed by atoms with Gasteiger partial charge in [-0.3, -0.25) is 4.79 Å². The minimum Gasteiger partial charge on any atom is -0.341 e. The zero-order valence-electron chi connectivity index (χ0n) is 13.4. The highest BCUT2D eigenvalue weighted by molar-refractivity contribution is 6.30. The number of rotatable bonds is 7. The van der Waals surface area contributed by atoms with E-state index < -0.39 is 0 Å². The van der Waals surface area contributed by atoms with Gasteiger partial charge >= 0.3 is 0 Å². The van der Waals surface area contributed by atoms with Crippen molar-refractivity contribution in [1.82, 2.24) is 4.90 Å². The van der Waals surface area contributed by atoms with Crippen LogP contribution in [0.15, 0.2) is 54.6 Å². The van der Waals surface area contributed by atoms with Crippen LogP contribution < -0.4 is 5.73 Å². The van der Waals surface area contributed by atoms with Gasteiger partial charge in [0.1, 0.15) is 0 Å². The van der Waals surface area contributed by atoms with Crippen LogP contribution in [0, 0.1) is 0 Å². The highest BCUT2D eigenvalue weighted by Crippen LogP contribution is 2.21. The van der Waals surface area contributed by atoms with E-state index in [-0.39, 0.29) is 11.8 Å². The maximum atomic E-state index is 12.8. The van der Waals surface area contributed by atoms with Gasteiger partial charge in [0.05, 0.1) is 5.92 Å². The van der Waals surface area contributed by atoms with Crippen molar-refractivity contribution in [3.05, 3.63) is 70.7 Å². The summed E-state index contributed by atoms with van der Waals surface area (Å²) in [6.45, 7) is 3.62. The Bertz CT molecular complexity index is 630. The van der Waals surface area contributed by atoms with Crippen molar-refractivity contribution in [3.63, 3.8) is 0 Å². The minimum absolute atomic E-state index is 0.0913. The Morgan fingerprint density at radius 3 is 2.52 bits per heavy atom. The van der Waals surface area contributed by atoms with E-state index in [1.165, 1.54) is 5.56 Å². The number of benzene rings is 2. The number of carbonyl (C=O) groups is 1. The number of amides is 1. The summed E-state index contributed by atoms with van der Waals surface area (Å²) in [6, 6.07) is 17.6. The summed E-state index contributed by atoms with van der Waals surface area (Å²) in [7, 11) is 0. The van der Waals surface area contributed by atoms with E-state index in [0.29, 0.717) is 24.7 Å². The minimum atomic E-state index is -0.226. The predicted octanol–water partition coefficient (Wildman–Crippen LogP) is 3.47. The molecule has 1 unspecified atom stereocenters. The standard InChI is InChI=1S/C19H23ClN2O/c1-15(17-8-5-9-18(20)14-17)19(23)22(13-11-21)12-10-16-6-3-2-4-7-16/h2-9,14-15H,10-13,21H2,1H3. The zero-order chi connectivity index (χ0) is 16.7. The Morgan fingerprint density at radius 1 is 1.13 bits per heavy atom. The molecule has 0 aliphatic heterocycles. The van der Waals surface area contributed by atoms with Gasteiger partial charge in [-0.15, -0.1) is 0 Å². The number of hydrogen-bond acceptors (Lipinski definition) is 2. The summed E-state index contributed by atoms with van der Waals surface area (Å²) < 4.78 is 0. The predicted molar refractivity (Wildman–Crippen MR) is 95.6 cm³/mol. The van der Waals surface area contributed by atoms with Crippen LogP contribution in [0.5, 0.6) is 0 Å². The molecule has 2 aromatic rings. The Hall–Kier alpha value is -1.84. The molecular weight excluding hydrogens is 308 g/mol. The van der Waals surface area contributed by atoms with E-state index in [0.717, 1.165) is 12.0 Å². The molecule has 0 spiro atoms. The van der Waals surface area contributed by atoms with Gasteiger partial charge in [0.15, 0.2) is 0 Å². The Morgan fingerprint density at radius 2 is 1.87 bits per heavy atom. The third kappa shape index (κ3) is 5.08. The topological polar surface area (TPSA) is 46.3 Å². The molecule has 0 saturated heterocycles. The zero-order valence-corrected chi connectivity index (χ0v) is 14.2. The van der Waals surface area contributed by atoms with Gasteiger partial charge in [0, 0.05) is 24.7 Å². The number of nitrogens with two attached hydrogens (primary N) is 1.